The second-order valence-electron chi connectivity index (χ2n) is 5.79. The predicted octanol–water partition coefficient (Wildman–Crippen LogP) is 3.01. The van der Waals surface area contributed by atoms with Gasteiger partial charge in [-0.25, -0.2) is 0 Å². The van der Waals surface area contributed by atoms with E-state index in [1.807, 2.05) is 18.2 Å². The molecule has 136 valence electrons. The predicted molar refractivity (Wildman–Crippen MR) is 99.0 cm³/mol. The molecular weight excluding hydrogens is 350 g/mol. The first kappa shape index (κ1) is 18.2. The van der Waals surface area contributed by atoms with E-state index in [1.165, 1.54) is 30.2 Å². The molecule has 1 aromatic carbocycles. The van der Waals surface area contributed by atoms with Crippen molar-refractivity contribution in [3.63, 3.8) is 0 Å². The molecule has 0 unspecified atom stereocenters. The molecule has 3 aromatic rings. The zero-order valence-corrected chi connectivity index (χ0v) is 15.4. The summed E-state index contributed by atoms with van der Waals surface area (Å²) in [6.07, 6.45) is 5.01. The summed E-state index contributed by atoms with van der Waals surface area (Å²) in [7, 11) is 0. The number of thioether (sulfide) groups is 1. The van der Waals surface area contributed by atoms with Crippen molar-refractivity contribution < 1.29 is 9.21 Å². The van der Waals surface area contributed by atoms with Crippen molar-refractivity contribution >= 4 is 17.7 Å². The number of carbonyl (C=O) groups excluding carboxylic acids is 1. The molecule has 2 aromatic heterocycles. The Labute approximate surface area is 156 Å². The highest BCUT2D eigenvalue weighted by molar-refractivity contribution is 7.99. The van der Waals surface area contributed by atoms with Crippen LogP contribution in [0.25, 0.3) is 5.69 Å². The van der Waals surface area contributed by atoms with Gasteiger partial charge in [0.1, 0.15) is 5.76 Å². The average molecular weight is 371 g/mol. The van der Waals surface area contributed by atoms with Crippen molar-refractivity contribution in [2.45, 2.75) is 37.9 Å². The highest BCUT2D eigenvalue weighted by Gasteiger charge is 2.12. The van der Waals surface area contributed by atoms with Gasteiger partial charge in [-0.2, -0.15) is 4.68 Å². The fourth-order valence-electron chi connectivity index (χ4n) is 2.40. The SMILES string of the molecule is CCCCc1ccc(-n2nnnc2SCC(=O)NCc2ccco2)cc1. The first-order chi connectivity index (χ1) is 12.8. The van der Waals surface area contributed by atoms with Crippen molar-refractivity contribution in [3.05, 3.63) is 54.0 Å². The number of benzene rings is 1. The van der Waals surface area contributed by atoms with Crippen LogP contribution < -0.4 is 5.32 Å². The summed E-state index contributed by atoms with van der Waals surface area (Å²) in [6.45, 7) is 2.56. The van der Waals surface area contributed by atoms with Crippen LogP contribution in [0.1, 0.15) is 31.1 Å². The summed E-state index contributed by atoms with van der Waals surface area (Å²) in [4.78, 5) is 12.0. The Morgan fingerprint density at radius 3 is 2.85 bits per heavy atom. The minimum absolute atomic E-state index is 0.101. The number of hydrogen-bond donors (Lipinski definition) is 1. The maximum absolute atomic E-state index is 12.0. The van der Waals surface area contributed by atoms with Gasteiger partial charge >= 0.3 is 0 Å². The average Bonchev–Trinajstić information content (AvgIpc) is 3.35. The highest BCUT2D eigenvalue weighted by atomic mass is 32.2. The Morgan fingerprint density at radius 2 is 2.12 bits per heavy atom. The van der Waals surface area contributed by atoms with Gasteiger partial charge in [0.15, 0.2) is 0 Å². The number of furan rings is 1. The van der Waals surface area contributed by atoms with Crippen molar-refractivity contribution in [2.24, 2.45) is 0 Å². The molecule has 0 fully saturated rings. The molecule has 0 aliphatic carbocycles. The standard InChI is InChI=1S/C18H21N5O2S/c1-2-3-5-14-7-9-15(10-8-14)23-18(20-21-22-23)26-13-17(24)19-12-16-6-4-11-25-16/h4,6-11H,2-3,5,12-13H2,1H3,(H,19,24). The van der Waals surface area contributed by atoms with Crippen molar-refractivity contribution in [2.75, 3.05) is 5.75 Å². The second kappa shape index (κ2) is 9.19. The third-order valence-electron chi connectivity index (χ3n) is 3.81. The first-order valence-electron chi connectivity index (χ1n) is 8.56. The molecule has 0 spiro atoms. The molecule has 26 heavy (non-hydrogen) atoms. The molecule has 8 heteroatoms. The summed E-state index contributed by atoms with van der Waals surface area (Å²) in [6, 6.07) is 11.8. The molecular formula is C18H21N5O2S. The van der Waals surface area contributed by atoms with Gasteiger partial charge < -0.3 is 9.73 Å². The molecule has 0 aliphatic heterocycles. The van der Waals surface area contributed by atoms with Gasteiger partial charge in [0.2, 0.25) is 11.1 Å². The van der Waals surface area contributed by atoms with E-state index in [1.54, 1.807) is 17.0 Å². The summed E-state index contributed by atoms with van der Waals surface area (Å²) in [5.74, 6) is 0.850. The Hall–Kier alpha value is -2.61. The first-order valence-corrected chi connectivity index (χ1v) is 9.54. The third-order valence-corrected chi connectivity index (χ3v) is 4.73. The van der Waals surface area contributed by atoms with Gasteiger partial charge in [-0.3, -0.25) is 4.79 Å². The number of nitrogens with one attached hydrogen (secondary N) is 1. The van der Waals surface area contributed by atoms with Gasteiger partial charge in [0.25, 0.3) is 0 Å². The van der Waals surface area contributed by atoms with Crippen LogP contribution in [-0.2, 0) is 17.8 Å². The van der Waals surface area contributed by atoms with E-state index in [2.05, 4.69) is 39.9 Å². The summed E-state index contributed by atoms with van der Waals surface area (Å²) < 4.78 is 6.83. The fraction of sp³-hybridized carbons (Fsp3) is 0.333. The van der Waals surface area contributed by atoms with Crippen LogP contribution >= 0.6 is 11.8 Å². The Bertz CT molecular complexity index is 814. The molecule has 0 saturated heterocycles. The lowest BCUT2D eigenvalue weighted by molar-refractivity contribution is -0.118. The number of tetrazole rings is 1. The van der Waals surface area contributed by atoms with Gasteiger partial charge in [0, 0.05) is 0 Å². The van der Waals surface area contributed by atoms with Crippen LogP contribution in [0.2, 0.25) is 0 Å². The highest BCUT2D eigenvalue weighted by Crippen LogP contribution is 2.19. The number of nitrogens with zero attached hydrogens (tertiary/aromatic N) is 4. The maximum Gasteiger partial charge on any atom is 0.230 e. The lowest BCUT2D eigenvalue weighted by Crippen LogP contribution is -2.24. The number of aryl methyl sites for hydroxylation is 1. The molecule has 7 nitrogen and oxygen atoms in total. The number of hydrogen-bond acceptors (Lipinski definition) is 6. The number of aromatic nitrogens is 4. The minimum atomic E-state index is -0.101. The molecule has 0 bridgehead atoms. The molecule has 0 atom stereocenters. The van der Waals surface area contributed by atoms with Crippen LogP contribution in [0.15, 0.2) is 52.2 Å². The number of rotatable bonds is 9. The summed E-state index contributed by atoms with van der Waals surface area (Å²) in [5.41, 5.74) is 2.18. The molecule has 1 amide bonds. The van der Waals surface area contributed by atoms with Crippen LogP contribution in [0.4, 0.5) is 0 Å². The second-order valence-corrected chi connectivity index (χ2v) is 6.73. The smallest absolute Gasteiger partial charge is 0.230 e. The van der Waals surface area contributed by atoms with Crippen LogP contribution in [-0.4, -0.2) is 31.9 Å². The number of unbranched alkanes of at least 4 members (excludes halogenated alkanes) is 1. The maximum atomic E-state index is 12.0. The molecule has 1 N–H and O–H groups in total. The van der Waals surface area contributed by atoms with Crippen molar-refractivity contribution in [1.82, 2.24) is 25.5 Å². The van der Waals surface area contributed by atoms with E-state index < -0.39 is 0 Å². The Morgan fingerprint density at radius 1 is 1.27 bits per heavy atom. The van der Waals surface area contributed by atoms with E-state index in [0.717, 1.165) is 17.9 Å². The lowest BCUT2D eigenvalue weighted by atomic mass is 10.1. The quantitative estimate of drug-likeness (QED) is 0.582. The van der Waals surface area contributed by atoms with E-state index >= 15 is 0 Å². The normalized spacial score (nSPS) is 10.8. The van der Waals surface area contributed by atoms with Crippen LogP contribution in [0.3, 0.4) is 0 Å². The molecule has 3 rings (SSSR count). The van der Waals surface area contributed by atoms with Gasteiger partial charge in [-0.05, 0) is 53.1 Å². The van der Waals surface area contributed by atoms with E-state index in [4.69, 9.17) is 4.42 Å². The molecule has 0 radical (unpaired) electrons. The number of amides is 1. The van der Waals surface area contributed by atoms with E-state index in [9.17, 15) is 4.79 Å². The summed E-state index contributed by atoms with van der Waals surface area (Å²) in [5, 5.41) is 15.2. The van der Waals surface area contributed by atoms with Crippen LogP contribution in [0, 0.1) is 0 Å². The van der Waals surface area contributed by atoms with E-state index in [0.29, 0.717) is 11.7 Å². The van der Waals surface area contributed by atoms with E-state index in [-0.39, 0.29) is 11.7 Å². The summed E-state index contributed by atoms with van der Waals surface area (Å²) >= 11 is 1.30. The zero-order chi connectivity index (χ0) is 18.2. The monoisotopic (exact) mass is 371 g/mol. The van der Waals surface area contributed by atoms with Gasteiger partial charge in [-0.1, -0.05) is 37.2 Å². The molecule has 0 aliphatic rings. The van der Waals surface area contributed by atoms with Gasteiger partial charge in [0.05, 0.1) is 24.2 Å². The molecule has 2 heterocycles. The van der Waals surface area contributed by atoms with Crippen LogP contribution in [0.5, 0.6) is 0 Å². The van der Waals surface area contributed by atoms with Crippen molar-refractivity contribution in [1.29, 1.82) is 0 Å². The minimum Gasteiger partial charge on any atom is -0.467 e. The lowest BCUT2D eigenvalue weighted by Gasteiger charge is -2.06. The van der Waals surface area contributed by atoms with Gasteiger partial charge in [-0.15, -0.1) is 5.10 Å². The topological polar surface area (TPSA) is 85.8 Å². The Kier molecular flexibility index (Phi) is 6.43. The fourth-order valence-corrected chi connectivity index (χ4v) is 3.12. The molecule has 0 saturated carbocycles. The number of carbonyl (C=O) groups is 1. The zero-order valence-electron chi connectivity index (χ0n) is 14.6. The van der Waals surface area contributed by atoms with Crippen molar-refractivity contribution in [3.8, 4) is 5.69 Å². The third kappa shape index (κ3) is 4.95. The largest absolute Gasteiger partial charge is 0.467 e. The Balaban J connectivity index is 1.55.